The maximum atomic E-state index is 13.2. The van der Waals surface area contributed by atoms with E-state index in [0.29, 0.717) is 40.3 Å². The van der Waals surface area contributed by atoms with E-state index in [1.165, 1.54) is 4.90 Å². The first-order valence-corrected chi connectivity index (χ1v) is 11.2. The first-order chi connectivity index (χ1) is 16.1. The van der Waals surface area contributed by atoms with Crippen LogP contribution in [0.25, 0.3) is 0 Å². The number of anilines is 1. The zero-order chi connectivity index (χ0) is 22.7. The molecule has 2 saturated carbocycles. The molecule has 6 atom stereocenters. The molecular weight excluding hydrogens is 420 g/mol. The van der Waals surface area contributed by atoms with Gasteiger partial charge in [-0.15, -0.1) is 0 Å². The van der Waals surface area contributed by atoms with Gasteiger partial charge in [0.25, 0.3) is 0 Å². The molecule has 33 heavy (non-hydrogen) atoms. The van der Waals surface area contributed by atoms with Gasteiger partial charge in [0.15, 0.2) is 0 Å². The maximum absolute atomic E-state index is 13.2. The Morgan fingerprint density at radius 2 is 1.52 bits per heavy atom. The standard InChI is InChI=1S/C26H24N2O5/c1-32-16-6-2-14(3-7-16)22(27-31)13-33-17-8-4-15(5-9-17)28-25(29)23-18-10-11-19(21-12-20(18)21)24(23)26(28)30/h2-11,18-21,23-24,31H,12-13H2,1H3/b27-22-/t18-,19?,20?,21-,23-,24+/m1/s1. The molecule has 0 radical (unpaired) electrons. The van der Waals surface area contributed by atoms with E-state index in [4.69, 9.17) is 9.47 Å². The van der Waals surface area contributed by atoms with Gasteiger partial charge < -0.3 is 14.7 Å². The lowest BCUT2D eigenvalue weighted by Crippen LogP contribution is -2.40. The van der Waals surface area contributed by atoms with Gasteiger partial charge in [-0.3, -0.25) is 14.5 Å². The normalized spacial score (nSPS) is 31.4. The van der Waals surface area contributed by atoms with Crippen LogP contribution in [0.2, 0.25) is 0 Å². The van der Waals surface area contributed by atoms with E-state index in [9.17, 15) is 14.8 Å². The summed E-state index contributed by atoms with van der Waals surface area (Å²) in [7, 11) is 1.59. The number of amides is 2. The summed E-state index contributed by atoms with van der Waals surface area (Å²) in [5, 5.41) is 12.7. The SMILES string of the molecule is COc1ccc(/C(COc2ccc(N3C(=O)[C@@H]4[C@@H]5C=CC([C@H]6CC65)[C@@H]4C3=O)cc2)=N\O)cc1. The van der Waals surface area contributed by atoms with Crippen molar-refractivity contribution in [2.75, 3.05) is 18.6 Å². The molecule has 0 spiro atoms. The average Bonchev–Trinajstić information content (AvgIpc) is 3.63. The van der Waals surface area contributed by atoms with Gasteiger partial charge in [0, 0.05) is 5.56 Å². The minimum Gasteiger partial charge on any atom is -0.497 e. The van der Waals surface area contributed by atoms with Crippen LogP contribution in [-0.2, 0) is 9.59 Å². The van der Waals surface area contributed by atoms with E-state index < -0.39 is 0 Å². The lowest BCUT2D eigenvalue weighted by atomic mass is 9.63. The van der Waals surface area contributed by atoms with Gasteiger partial charge in [0.2, 0.25) is 11.8 Å². The Morgan fingerprint density at radius 1 is 0.939 bits per heavy atom. The van der Waals surface area contributed by atoms with E-state index in [2.05, 4.69) is 17.3 Å². The zero-order valence-corrected chi connectivity index (χ0v) is 18.1. The quantitative estimate of drug-likeness (QED) is 0.242. The van der Waals surface area contributed by atoms with Gasteiger partial charge in [0.1, 0.15) is 23.8 Å². The number of allylic oxidation sites excluding steroid dienone is 2. The van der Waals surface area contributed by atoms with Crippen molar-refractivity contribution < 1.29 is 24.3 Å². The fourth-order valence-electron chi connectivity index (χ4n) is 6.01. The van der Waals surface area contributed by atoms with E-state index in [1.807, 2.05) is 0 Å². The topological polar surface area (TPSA) is 88.4 Å². The fourth-order valence-corrected chi connectivity index (χ4v) is 6.01. The summed E-state index contributed by atoms with van der Waals surface area (Å²) in [6.07, 6.45) is 5.50. The second-order valence-corrected chi connectivity index (χ2v) is 9.22. The number of ether oxygens (including phenoxy) is 2. The van der Waals surface area contributed by atoms with E-state index >= 15 is 0 Å². The van der Waals surface area contributed by atoms with Gasteiger partial charge in [-0.25, -0.2) is 0 Å². The summed E-state index contributed by atoms with van der Waals surface area (Å²) in [6.45, 7) is 0.0612. The number of nitrogens with zero attached hydrogens (tertiary/aromatic N) is 2. The van der Waals surface area contributed by atoms with Gasteiger partial charge in [0.05, 0.1) is 24.6 Å². The zero-order valence-electron chi connectivity index (χ0n) is 18.1. The van der Waals surface area contributed by atoms with Crippen molar-refractivity contribution in [3.63, 3.8) is 0 Å². The molecule has 1 N–H and O–H groups in total. The van der Waals surface area contributed by atoms with Crippen LogP contribution in [0.4, 0.5) is 5.69 Å². The molecule has 0 aromatic heterocycles. The fraction of sp³-hybridized carbons (Fsp3) is 0.346. The minimum atomic E-state index is -0.208. The van der Waals surface area contributed by atoms with Crippen molar-refractivity contribution in [1.29, 1.82) is 0 Å². The largest absolute Gasteiger partial charge is 0.497 e. The molecule has 168 valence electrons. The summed E-state index contributed by atoms with van der Waals surface area (Å²) in [6, 6.07) is 14.1. The highest BCUT2D eigenvalue weighted by molar-refractivity contribution is 6.22. The molecule has 4 aliphatic carbocycles. The smallest absolute Gasteiger partial charge is 0.238 e. The second-order valence-electron chi connectivity index (χ2n) is 9.22. The molecule has 2 unspecified atom stereocenters. The molecule has 7 rings (SSSR count). The number of oxime groups is 1. The maximum Gasteiger partial charge on any atom is 0.238 e. The van der Waals surface area contributed by atoms with Gasteiger partial charge in [-0.2, -0.15) is 0 Å². The molecule has 2 bridgehead atoms. The van der Waals surface area contributed by atoms with E-state index in [0.717, 1.165) is 6.42 Å². The van der Waals surface area contributed by atoms with Crippen molar-refractivity contribution >= 4 is 23.2 Å². The van der Waals surface area contributed by atoms with Crippen molar-refractivity contribution in [3.8, 4) is 11.5 Å². The van der Waals surface area contributed by atoms with Crippen LogP contribution in [0.5, 0.6) is 11.5 Å². The number of methoxy groups -OCH3 is 1. The lowest BCUT2D eigenvalue weighted by Gasteiger charge is -2.37. The van der Waals surface area contributed by atoms with E-state index in [1.54, 1.807) is 55.6 Å². The molecule has 2 amide bonds. The highest BCUT2D eigenvalue weighted by Gasteiger charge is 2.67. The molecule has 2 aromatic carbocycles. The molecular formula is C26H24N2O5. The third-order valence-electron chi connectivity index (χ3n) is 7.68. The molecule has 1 heterocycles. The van der Waals surface area contributed by atoms with Gasteiger partial charge in [-0.05, 0) is 78.6 Å². The predicted octanol–water partition coefficient (Wildman–Crippen LogP) is 3.51. The molecule has 2 aromatic rings. The number of hydrogen-bond acceptors (Lipinski definition) is 6. The Kier molecular flexibility index (Phi) is 4.54. The van der Waals surface area contributed by atoms with Crippen molar-refractivity contribution in [3.05, 3.63) is 66.2 Å². The summed E-state index contributed by atoms with van der Waals surface area (Å²) in [5.74, 6) is 2.29. The summed E-state index contributed by atoms with van der Waals surface area (Å²) >= 11 is 0. The first-order valence-electron chi connectivity index (χ1n) is 11.2. The Labute approximate surface area is 191 Å². The summed E-state index contributed by atoms with van der Waals surface area (Å²) in [4.78, 5) is 27.8. The van der Waals surface area contributed by atoms with Crippen LogP contribution in [-0.4, -0.2) is 36.4 Å². The minimum absolute atomic E-state index is 0.0612. The molecule has 3 fully saturated rings. The van der Waals surface area contributed by atoms with E-state index in [-0.39, 0.29) is 42.1 Å². The van der Waals surface area contributed by atoms with Gasteiger partial charge >= 0.3 is 0 Å². The highest BCUT2D eigenvalue weighted by atomic mass is 16.5. The van der Waals surface area contributed by atoms with Crippen LogP contribution in [0.15, 0.2) is 65.8 Å². The first kappa shape index (κ1) is 20.0. The Bertz CT molecular complexity index is 1130. The second kappa shape index (κ2) is 7.47. The number of benzene rings is 2. The molecule has 1 aliphatic heterocycles. The van der Waals surface area contributed by atoms with Crippen molar-refractivity contribution in [2.45, 2.75) is 6.42 Å². The van der Waals surface area contributed by atoms with Crippen molar-refractivity contribution in [2.24, 2.45) is 40.7 Å². The van der Waals surface area contributed by atoms with Crippen LogP contribution in [0, 0.1) is 35.5 Å². The molecule has 7 nitrogen and oxygen atoms in total. The number of rotatable bonds is 6. The summed E-state index contributed by atoms with van der Waals surface area (Å²) in [5.41, 5.74) is 1.66. The molecule has 5 aliphatic rings. The van der Waals surface area contributed by atoms with Crippen LogP contribution >= 0.6 is 0 Å². The predicted molar refractivity (Wildman–Crippen MR) is 120 cm³/mol. The Balaban J connectivity index is 1.15. The highest BCUT2D eigenvalue weighted by Crippen LogP contribution is 2.65. The van der Waals surface area contributed by atoms with Crippen LogP contribution in [0.3, 0.4) is 0 Å². The third kappa shape index (κ3) is 3.06. The average molecular weight is 444 g/mol. The van der Waals surface area contributed by atoms with Crippen LogP contribution < -0.4 is 14.4 Å². The number of carbonyl (C=O) groups excluding carboxylic acids is 2. The number of hydrogen-bond donors (Lipinski definition) is 1. The van der Waals surface area contributed by atoms with Crippen LogP contribution in [0.1, 0.15) is 12.0 Å². The van der Waals surface area contributed by atoms with Crippen molar-refractivity contribution in [1.82, 2.24) is 0 Å². The third-order valence-corrected chi connectivity index (χ3v) is 7.68. The van der Waals surface area contributed by atoms with Gasteiger partial charge in [-0.1, -0.05) is 17.3 Å². The number of carbonyl (C=O) groups is 2. The summed E-state index contributed by atoms with van der Waals surface area (Å²) < 4.78 is 10.9. The molecule has 7 heteroatoms. The Hall–Kier alpha value is -3.61. The monoisotopic (exact) mass is 444 g/mol. The number of imide groups is 1. The lowest BCUT2D eigenvalue weighted by molar-refractivity contribution is -0.124. The Morgan fingerprint density at radius 3 is 2.06 bits per heavy atom. The molecule has 1 saturated heterocycles.